The highest BCUT2D eigenvalue weighted by atomic mass is 16.4. The summed E-state index contributed by atoms with van der Waals surface area (Å²) in [4.78, 5) is 67.3. The second kappa shape index (κ2) is 12.4. The Labute approximate surface area is 160 Å². The van der Waals surface area contributed by atoms with Crippen LogP contribution in [0.1, 0.15) is 44.9 Å². The third kappa shape index (κ3) is 10.9. The first-order valence-corrected chi connectivity index (χ1v) is 8.47. The molecule has 0 fully saturated rings. The molecule has 8 N–H and O–H groups in total. The number of carbonyl (C=O) groups is 6. The normalized spacial score (nSPS) is 13.8. The number of nitrogens with two attached hydrogens (primary N) is 2. The van der Waals surface area contributed by atoms with Gasteiger partial charge in [0.1, 0.15) is 17.9 Å². The molecular formula is C16H25N3O9. The highest BCUT2D eigenvalue weighted by Crippen LogP contribution is 2.15. The number of Topliss-reactive ketones (excluding diaryl/α,β-unsaturated/α-hetero) is 1. The molecule has 0 heterocycles. The maximum atomic E-state index is 11.9. The molecule has 0 aliphatic rings. The number of nitrogens with one attached hydrogen (secondary N) is 1. The number of hydrogen-bond acceptors (Lipinski definition) is 7. The van der Waals surface area contributed by atoms with Crippen molar-refractivity contribution in [1.29, 1.82) is 0 Å². The summed E-state index contributed by atoms with van der Waals surface area (Å²) < 4.78 is 0. The van der Waals surface area contributed by atoms with Gasteiger partial charge in [-0.3, -0.25) is 24.0 Å². The van der Waals surface area contributed by atoms with Gasteiger partial charge in [-0.05, 0) is 19.3 Å². The Hall–Kier alpha value is -3.02. The van der Waals surface area contributed by atoms with E-state index in [0.717, 1.165) is 0 Å². The van der Waals surface area contributed by atoms with Gasteiger partial charge in [0.15, 0.2) is 0 Å². The van der Waals surface area contributed by atoms with Crippen molar-refractivity contribution >= 4 is 35.5 Å². The van der Waals surface area contributed by atoms with Crippen LogP contribution in [0, 0.1) is 5.92 Å². The molecule has 0 aromatic carbocycles. The second-order valence-corrected chi connectivity index (χ2v) is 6.26. The minimum atomic E-state index is -1.37. The molecule has 158 valence electrons. The summed E-state index contributed by atoms with van der Waals surface area (Å²) >= 11 is 0. The van der Waals surface area contributed by atoms with Crippen LogP contribution in [0.3, 0.4) is 0 Å². The zero-order valence-corrected chi connectivity index (χ0v) is 15.1. The maximum absolute atomic E-state index is 11.9. The van der Waals surface area contributed by atoms with Crippen LogP contribution >= 0.6 is 0 Å². The summed E-state index contributed by atoms with van der Waals surface area (Å²) in [5, 5.41) is 29.0. The summed E-state index contributed by atoms with van der Waals surface area (Å²) in [5.41, 5.74) is 10.2. The van der Waals surface area contributed by atoms with E-state index >= 15 is 0 Å². The zero-order valence-electron chi connectivity index (χ0n) is 15.1. The molecule has 12 nitrogen and oxygen atoms in total. The molecule has 0 aliphatic heterocycles. The minimum absolute atomic E-state index is 0.138. The van der Waals surface area contributed by atoms with E-state index in [1.54, 1.807) is 0 Å². The van der Waals surface area contributed by atoms with Crippen molar-refractivity contribution in [1.82, 2.24) is 5.32 Å². The van der Waals surface area contributed by atoms with Gasteiger partial charge < -0.3 is 32.1 Å². The third-order valence-corrected chi connectivity index (χ3v) is 3.91. The molecule has 0 radical (unpaired) electrons. The minimum Gasteiger partial charge on any atom is -0.481 e. The molecule has 12 heteroatoms. The van der Waals surface area contributed by atoms with Crippen LogP contribution < -0.4 is 16.8 Å². The largest absolute Gasteiger partial charge is 0.481 e. The predicted octanol–water partition coefficient (Wildman–Crippen LogP) is -1.55. The summed E-state index contributed by atoms with van der Waals surface area (Å²) in [5.74, 6) is -7.12. The molecule has 3 atom stereocenters. The van der Waals surface area contributed by atoms with Crippen molar-refractivity contribution in [3.63, 3.8) is 0 Å². The second-order valence-electron chi connectivity index (χ2n) is 6.26. The van der Waals surface area contributed by atoms with E-state index in [9.17, 15) is 28.8 Å². The van der Waals surface area contributed by atoms with E-state index in [4.69, 9.17) is 26.8 Å². The van der Waals surface area contributed by atoms with Crippen molar-refractivity contribution in [2.45, 2.75) is 57.0 Å². The van der Waals surface area contributed by atoms with E-state index in [-0.39, 0.29) is 38.5 Å². The fourth-order valence-corrected chi connectivity index (χ4v) is 2.25. The molecule has 0 aromatic rings. The molecule has 0 unspecified atom stereocenters. The topological polar surface area (TPSA) is 227 Å². The lowest BCUT2D eigenvalue weighted by Gasteiger charge is -2.15. The molecule has 0 spiro atoms. The van der Waals surface area contributed by atoms with Gasteiger partial charge in [0.2, 0.25) is 11.8 Å². The number of hydrogen-bond donors (Lipinski definition) is 6. The number of primary amides is 1. The van der Waals surface area contributed by atoms with Crippen LogP contribution in [0.4, 0.5) is 0 Å². The van der Waals surface area contributed by atoms with Crippen molar-refractivity contribution in [3.8, 4) is 0 Å². The third-order valence-electron chi connectivity index (χ3n) is 3.91. The molecular weight excluding hydrogens is 378 g/mol. The van der Waals surface area contributed by atoms with E-state index in [0.29, 0.717) is 0 Å². The number of carbonyl (C=O) groups excluding carboxylic acids is 3. The number of aliphatic carboxylic acids is 3. The van der Waals surface area contributed by atoms with Gasteiger partial charge in [-0.1, -0.05) is 0 Å². The van der Waals surface area contributed by atoms with Gasteiger partial charge >= 0.3 is 17.9 Å². The number of carboxylic acids is 3. The van der Waals surface area contributed by atoms with Crippen molar-refractivity contribution in [2.24, 2.45) is 17.4 Å². The monoisotopic (exact) mass is 403 g/mol. The number of carboxylic acid groups (broad SMARTS) is 3. The Balaban J connectivity index is 4.56. The number of amides is 2. The van der Waals surface area contributed by atoms with E-state index in [1.165, 1.54) is 0 Å². The molecule has 0 aliphatic carbocycles. The average molecular weight is 403 g/mol. The van der Waals surface area contributed by atoms with E-state index in [2.05, 4.69) is 5.32 Å². The predicted molar refractivity (Wildman–Crippen MR) is 92.8 cm³/mol. The van der Waals surface area contributed by atoms with Crippen LogP contribution in [-0.4, -0.2) is 62.9 Å². The fourth-order valence-electron chi connectivity index (χ4n) is 2.25. The SMILES string of the molecule is NC(=O)CC[C@H](NC(=O)CC[C@H](CC(=O)CC[C@H](N)C(=O)O)C(=O)O)C(=O)O. The van der Waals surface area contributed by atoms with E-state index < -0.39 is 59.9 Å². The van der Waals surface area contributed by atoms with Gasteiger partial charge in [0.05, 0.1) is 5.92 Å². The molecule has 0 bridgehead atoms. The molecule has 0 rings (SSSR count). The first kappa shape index (κ1) is 25.0. The Kier molecular flexibility index (Phi) is 11.0. The van der Waals surface area contributed by atoms with Gasteiger partial charge in [-0.15, -0.1) is 0 Å². The highest BCUT2D eigenvalue weighted by molar-refractivity contribution is 5.86. The van der Waals surface area contributed by atoms with Crippen LogP contribution in [0.5, 0.6) is 0 Å². The Morgan fingerprint density at radius 2 is 1.39 bits per heavy atom. The Bertz CT molecular complexity index is 620. The zero-order chi connectivity index (χ0) is 21.9. The summed E-state index contributed by atoms with van der Waals surface area (Å²) in [6.07, 6.45) is -1.78. The lowest BCUT2D eigenvalue weighted by atomic mass is 9.94. The average Bonchev–Trinajstić information content (AvgIpc) is 2.58. The summed E-state index contributed by atoms with van der Waals surface area (Å²) in [6.45, 7) is 0. The van der Waals surface area contributed by atoms with Crippen LogP contribution in [0.15, 0.2) is 0 Å². The first-order chi connectivity index (χ1) is 12.9. The number of rotatable bonds is 15. The van der Waals surface area contributed by atoms with Crippen molar-refractivity contribution in [2.75, 3.05) is 0 Å². The van der Waals surface area contributed by atoms with Gasteiger partial charge in [-0.25, -0.2) is 4.79 Å². The first-order valence-electron chi connectivity index (χ1n) is 8.47. The van der Waals surface area contributed by atoms with Crippen molar-refractivity contribution in [3.05, 3.63) is 0 Å². The molecule has 2 amide bonds. The van der Waals surface area contributed by atoms with Gasteiger partial charge in [-0.2, -0.15) is 0 Å². The van der Waals surface area contributed by atoms with Gasteiger partial charge in [0.25, 0.3) is 0 Å². The Morgan fingerprint density at radius 1 is 0.786 bits per heavy atom. The molecule has 0 saturated carbocycles. The van der Waals surface area contributed by atoms with Crippen LogP contribution in [-0.2, 0) is 28.8 Å². The molecule has 28 heavy (non-hydrogen) atoms. The number of ketones is 1. The van der Waals surface area contributed by atoms with E-state index in [1.807, 2.05) is 0 Å². The molecule has 0 aromatic heterocycles. The van der Waals surface area contributed by atoms with Crippen LogP contribution in [0.25, 0.3) is 0 Å². The lowest BCUT2D eigenvalue weighted by Crippen LogP contribution is -2.41. The maximum Gasteiger partial charge on any atom is 0.326 e. The fraction of sp³-hybridized carbons (Fsp3) is 0.625. The van der Waals surface area contributed by atoms with Crippen molar-refractivity contribution < 1.29 is 44.1 Å². The van der Waals surface area contributed by atoms with Crippen LogP contribution in [0.2, 0.25) is 0 Å². The highest BCUT2D eigenvalue weighted by Gasteiger charge is 2.25. The summed E-state index contributed by atoms with van der Waals surface area (Å²) in [7, 11) is 0. The standard InChI is InChI=1S/C16H25N3O9/c17-10(15(25)26)3-2-9(20)7-8(14(23)24)1-6-13(22)19-11(16(27)28)4-5-12(18)21/h8,10-11H,1-7,17H2,(H2,18,21)(H,19,22)(H,23,24)(H,25,26)(H,27,28)/t8-,10+,11+/m1/s1. The smallest absolute Gasteiger partial charge is 0.326 e. The Morgan fingerprint density at radius 3 is 1.86 bits per heavy atom. The lowest BCUT2D eigenvalue weighted by molar-refractivity contribution is -0.145. The van der Waals surface area contributed by atoms with Gasteiger partial charge in [0, 0.05) is 25.7 Å². The summed E-state index contributed by atoms with van der Waals surface area (Å²) in [6, 6.07) is -2.58. The quantitative estimate of drug-likeness (QED) is 0.184. The molecule has 0 saturated heterocycles.